The molecule has 2 aliphatic rings. The number of likely N-dealkylation sites (tertiary alicyclic amines) is 1. The maximum Gasteiger partial charge on any atom is 0.410 e. The summed E-state index contributed by atoms with van der Waals surface area (Å²) in [6.07, 6.45) is 2.31. The van der Waals surface area contributed by atoms with Crippen molar-refractivity contribution < 1.29 is 19.1 Å². The van der Waals surface area contributed by atoms with E-state index in [0.717, 1.165) is 17.7 Å². The van der Waals surface area contributed by atoms with E-state index in [9.17, 15) is 9.59 Å². The van der Waals surface area contributed by atoms with Crippen molar-refractivity contribution in [2.45, 2.75) is 51.4 Å². The molecular formula is C21H26N4O4. The molecule has 0 radical (unpaired) electrons. The Kier molecular flexibility index (Phi) is 4.94. The predicted octanol–water partition coefficient (Wildman–Crippen LogP) is 3.01. The van der Waals surface area contributed by atoms with E-state index in [4.69, 9.17) is 9.47 Å². The van der Waals surface area contributed by atoms with Crippen LogP contribution < -0.4 is 10.1 Å². The number of carbonyl (C=O) groups is 2. The molecule has 8 nitrogen and oxygen atoms in total. The third-order valence-corrected chi connectivity index (χ3v) is 4.99. The van der Waals surface area contributed by atoms with Crippen LogP contribution in [0.2, 0.25) is 0 Å². The zero-order valence-corrected chi connectivity index (χ0v) is 16.9. The number of anilines is 1. The molecule has 4 rings (SSSR count). The summed E-state index contributed by atoms with van der Waals surface area (Å²) in [6.45, 7) is 6.72. The number of ether oxygens (including phenoxy) is 2. The Morgan fingerprint density at radius 1 is 1.24 bits per heavy atom. The smallest absolute Gasteiger partial charge is 0.410 e. The van der Waals surface area contributed by atoms with E-state index in [2.05, 4.69) is 10.4 Å². The first kappa shape index (κ1) is 19.3. The summed E-state index contributed by atoms with van der Waals surface area (Å²) in [6, 6.07) is 9.48. The average Bonchev–Trinajstić information content (AvgIpc) is 3.38. The van der Waals surface area contributed by atoms with Gasteiger partial charge in [-0.2, -0.15) is 5.10 Å². The number of para-hydroxylation sites is 1. The molecule has 1 N–H and O–H groups in total. The Labute approximate surface area is 169 Å². The van der Waals surface area contributed by atoms with Crippen LogP contribution in [0.3, 0.4) is 0 Å². The molecule has 2 aromatic rings. The van der Waals surface area contributed by atoms with Gasteiger partial charge in [-0.1, -0.05) is 18.2 Å². The molecule has 0 aliphatic carbocycles. The lowest BCUT2D eigenvalue weighted by Crippen LogP contribution is -2.35. The van der Waals surface area contributed by atoms with Gasteiger partial charge >= 0.3 is 6.09 Å². The summed E-state index contributed by atoms with van der Waals surface area (Å²) in [5.41, 5.74) is 0.520. The third kappa shape index (κ3) is 4.36. The van der Waals surface area contributed by atoms with Crippen molar-refractivity contribution in [1.82, 2.24) is 14.7 Å². The molecule has 2 atom stereocenters. The summed E-state index contributed by atoms with van der Waals surface area (Å²) in [7, 11) is 0. The molecule has 0 unspecified atom stereocenters. The highest BCUT2D eigenvalue weighted by Gasteiger charge is 2.32. The van der Waals surface area contributed by atoms with E-state index in [1.807, 2.05) is 51.2 Å². The lowest BCUT2D eigenvalue weighted by Gasteiger charge is -2.24. The van der Waals surface area contributed by atoms with Crippen LogP contribution in [-0.2, 0) is 16.0 Å². The quantitative estimate of drug-likeness (QED) is 0.859. The van der Waals surface area contributed by atoms with Crippen LogP contribution in [0, 0.1) is 0 Å². The fourth-order valence-electron chi connectivity index (χ4n) is 3.59. The highest BCUT2D eigenvalue weighted by molar-refractivity contribution is 5.94. The number of fused-ring (bicyclic) bond motifs is 1. The number of hydrogen-bond donors (Lipinski definition) is 1. The van der Waals surface area contributed by atoms with Crippen molar-refractivity contribution in [3.05, 3.63) is 42.1 Å². The first-order valence-corrected chi connectivity index (χ1v) is 9.87. The summed E-state index contributed by atoms with van der Waals surface area (Å²) in [4.78, 5) is 26.5. The molecule has 0 spiro atoms. The number of rotatable bonds is 3. The number of nitrogens with one attached hydrogen (secondary N) is 1. The number of nitrogens with zero attached hydrogens (tertiary/aromatic N) is 3. The Bertz CT molecular complexity index is 892. The van der Waals surface area contributed by atoms with Gasteiger partial charge < -0.3 is 19.7 Å². The molecule has 29 heavy (non-hydrogen) atoms. The zero-order valence-electron chi connectivity index (χ0n) is 16.9. The summed E-state index contributed by atoms with van der Waals surface area (Å²) in [5.74, 6) is 1.02. The lowest BCUT2D eigenvalue weighted by molar-refractivity contribution is -0.122. The highest BCUT2D eigenvalue weighted by Crippen LogP contribution is 2.29. The van der Waals surface area contributed by atoms with Crippen molar-refractivity contribution in [3.63, 3.8) is 0 Å². The van der Waals surface area contributed by atoms with Crippen LogP contribution >= 0.6 is 0 Å². The van der Waals surface area contributed by atoms with Crippen molar-refractivity contribution in [1.29, 1.82) is 0 Å². The summed E-state index contributed by atoms with van der Waals surface area (Å²) < 4.78 is 13.0. The van der Waals surface area contributed by atoms with E-state index in [0.29, 0.717) is 25.3 Å². The minimum Gasteiger partial charge on any atom is -0.480 e. The fraction of sp³-hybridized carbons (Fsp3) is 0.476. The van der Waals surface area contributed by atoms with Gasteiger partial charge in [0.1, 0.15) is 11.4 Å². The number of hydrogen-bond acceptors (Lipinski definition) is 5. The Morgan fingerprint density at radius 2 is 2.03 bits per heavy atom. The van der Waals surface area contributed by atoms with Gasteiger partial charge in [0.2, 0.25) is 0 Å². The van der Waals surface area contributed by atoms with Gasteiger partial charge in [-0.3, -0.25) is 9.48 Å². The van der Waals surface area contributed by atoms with Crippen molar-refractivity contribution in [3.8, 4) is 5.75 Å². The third-order valence-electron chi connectivity index (χ3n) is 4.99. The van der Waals surface area contributed by atoms with E-state index in [1.165, 1.54) is 0 Å². The number of amides is 2. The second-order valence-electron chi connectivity index (χ2n) is 8.46. The Hall–Kier alpha value is -3.03. The van der Waals surface area contributed by atoms with E-state index in [-0.39, 0.29) is 18.0 Å². The van der Waals surface area contributed by atoms with Gasteiger partial charge in [0, 0.05) is 31.8 Å². The standard InChI is InChI=1S/C21H26N4O4/c1-21(2,3)29-20(27)24-10-8-15(13-24)25-11-9-18(23-25)22-19(26)17-12-14-6-4-5-7-16(14)28-17/h4-7,9,11,15,17H,8,10,12-13H2,1-3H3,(H,22,23,26)/t15-,17-/m1/s1. The van der Waals surface area contributed by atoms with Gasteiger partial charge in [0.05, 0.1) is 6.04 Å². The molecule has 2 amide bonds. The van der Waals surface area contributed by atoms with Crippen molar-refractivity contribution in [2.24, 2.45) is 0 Å². The minimum absolute atomic E-state index is 0.0557. The SMILES string of the molecule is CC(C)(C)OC(=O)N1CC[C@@H](n2ccc(NC(=O)[C@H]3Cc4ccccc4O3)n2)C1. The van der Waals surface area contributed by atoms with E-state index >= 15 is 0 Å². The lowest BCUT2D eigenvalue weighted by atomic mass is 10.1. The van der Waals surface area contributed by atoms with Crippen LogP contribution in [0.1, 0.15) is 38.8 Å². The first-order valence-electron chi connectivity index (χ1n) is 9.87. The first-order chi connectivity index (χ1) is 13.8. The number of benzene rings is 1. The topological polar surface area (TPSA) is 85.7 Å². The van der Waals surface area contributed by atoms with Gasteiger partial charge in [0.25, 0.3) is 5.91 Å². The maximum absolute atomic E-state index is 12.5. The van der Waals surface area contributed by atoms with Gasteiger partial charge in [-0.25, -0.2) is 4.79 Å². The van der Waals surface area contributed by atoms with Crippen LogP contribution in [0.15, 0.2) is 36.5 Å². The van der Waals surface area contributed by atoms with Crippen LogP contribution in [0.25, 0.3) is 0 Å². The van der Waals surface area contributed by atoms with Gasteiger partial charge in [-0.15, -0.1) is 0 Å². The number of aromatic nitrogens is 2. The van der Waals surface area contributed by atoms with Gasteiger partial charge in [-0.05, 0) is 38.8 Å². The average molecular weight is 398 g/mol. The zero-order chi connectivity index (χ0) is 20.6. The molecular weight excluding hydrogens is 372 g/mol. The normalized spacial score (nSPS) is 20.9. The molecule has 0 bridgehead atoms. The molecule has 3 heterocycles. The second-order valence-corrected chi connectivity index (χ2v) is 8.46. The molecule has 154 valence electrons. The minimum atomic E-state index is -0.549. The largest absolute Gasteiger partial charge is 0.480 e. The fourth-order valence-corrected chi connectivity index (χ4v) is 3.59. The molecule has 1 aromatic carbocycles. The molecule has 8 heteroatoms. The molecule has 1 aromatic heterocycles. The molecule has 1 fully saturated rings. The molecule has 0 saturated carbocycles. The summed E-state index contributed by atoms with van der Waals surface area (Å²) in [5, 5.41) is 7.30. The van der Waals surface area contributed by atoms with Crippen molar-refractivity contribution in [2.75, 3.05) is 18.4 Å². The second kappa shape index (κ2) is 7.42. The highest BCUT2D eigenvalue weighted by atomic mass is 16.6. The van der Waals surface area contributed by atoms with Crippen LogP contribution in [-0.4, -0.2) is 51.5 Å². The monoisotopic (exact) mass is 398 g/mol. The van der Waals surface area contributed by atoms with E-state index in [1.54, 1.807) is 15.6 Å². The van der Waals surface area contributed by atoms with Crippen LogP contribution in [0.4, 0.5) is 10.6 Å². The predicted molar refractivity (Wildman–Crippen MR) is 107 cm³/mol. The van der Waals surface area contributed by atoms with Gasteiger partial charge in [0.15, 0.2) is 11.9 Å². The van der Waals surface area contributed by atoms with Crippen LogP contribution in [0.5, 0.6) is 5.75 Å². The molecule has 1 saturated heterocycles. The van der Waals surface area contributed by atoms with E-state index < -0.39 is 11.7 Å². The maximum atomic E-state index is 12.5. The Morgan fingerprint density at radius 3 is 2.79 bits per heavy atom. The number of carbonyl (C=O) groups excluding carboxylic acids is 2. The Balaban J connectivity index is 1.32. The molecule has 2 aliphatic heterocycles. The van der Waals surface area contributed by atoms with Crippen molar-refractivity contribution >= 4 is 17.8 Å². The summed E-state index contributed by atoms with van der Waals surface area (Å²) >= 11 is 0.